The van der Waals surface area contributed by atoms with Gasteiger partial charge in [-0.2, -0.15) is 0 Å². The highest BCUT2D eigenvalue weighted by Gasteiger charge is 2.49. The summed E-state index contributed by atoms with van der Waals surface area (Å²) in [6.07, 6.45) is -7.51. The summed E-state index contributed by atoms with van der Waals surface area (Å²) in [6.45, 7) is 0.778. The second kappa shape index (κ2) is 10.2. The van der Waals surface area contributed by atoms with E-state index in [-0.39, 0.29) is 11.1 Å². The van der Waals surface area contributed by atoms with E-state index in [1.807, 2.05) is 0 Å². The molecule has 1 heterocycles. The van der Waals surface area contributed by atoms with Gasteiger partial charge in [0.2, 0.25) is 0 Å². The van der Waals surface area contributed by atoms with E-state index in [1.165, 1.54) is 31.2 Å². The number of hydrogen-bond acceptors (Lipinski definition) is 9. The maximum Gasteiger partial charge on any atom is 0.338 e. The Morgan fingerprint density at radius 2 is 1.32 bits per heavy atom. The van der Waals surface area contributed by atoms with Gasteiger partial charge in [0.15, 0.2) is 18.5 Å². The Bertz CT molecular complexity index is 900. The number of carbonyl (C=O) groups excluding carboxylic acids is 3. The van der Waals surface area contributed by atoms with Crippen molar-refractivity contribution in [2.45, 2.75) is 37.6 Å². The van der Waals surface area contributed by atoms with Gasteiger partial charge in [0.1, 0.15) is 18.8 Å². The van der Waals surface area contributed by atoms with Gasteiger partial charge in [0.25, 0.3) is 0 Å². The molecule has 2 N–H and O–H groups in total. The number of ether oxygens (including phenoxy) is 4. The maximum absolute atomic E-state index is 12.5. The van der Waals surface area contributed by atoms with E-state index in [1.54, 1.807) is 36.4 Å². The number of carbonyl (C=O) groups is 3. The van der Waals surface area contributed by atoms with Crippen molar-refractivity contribution >= 4 is 17.9 Å². The monoisotopic (exact) mass is 430 g/mol. The van der Waals surface area contributed by atoms with Gasteiger partial charge >= 0.3 is 17.9 Å². The van der Waals surface area contributed by atoms with Gasteiger partial charge in [-0.15, -0.1) is 0 Å². The molecule has 0 spiro atoms. The molecule has 3 rings (SSSR count). The lowest BCUT2D eigenvalue weighted by Crippen LogP contribution is -2.61. The molecule has 31 heavy (non-hydrogen) atoms. The molecule has 164 valence electrons. The van der Waals surface area contributed by atoms with Crippen molar-refractivity contribution < 1.29 is 43.5 Å². The van der Waals surface area contributed by atoms with Crippen LogP contribution in [0.2, 0.25) is 0 Å². The molecule has 1 fully saturated rings. The Balaban J connectivity index is 1.79. The highest BCUT2D eigenvalue weighted by Crippen LogP contribution is 2.27. The largest absolute Gasteiger partial charge is 0.463 e. The predicted octanol–water partition coefficient (Wildman–Crippen LogP) is 1.08. The molecule has 0 saturated carbocycles. The van der Waals surface area contributed by atoms with Crippen molar-refractivity contribution in [2.24, 2.45) is 0 Å². The van der Waals surface area contributed by atoms with Gasteiger partial charge < -0.3 is 29.2 Å². The topological polar surface area (TPSA) is 129 Å². The Morgan fingerprint density at radius 3 is 1.81 bits per heavy atom. The molecule has 2 aromatic carbocycles. The van der Waals surface area contributed by atoms with Crippen LogP contribution in [0, 0.1) is 0 Å². The fourth-order valence-corrected chi connectivity index (χ4v) is 3.05. The van der Waals surface area contributed by atoms with Gasteiger partial charge in [0, 0.05) is 6.92 Å². The highest BCUT2D eigenvalue weighted by atomic mass is 16.7. The third kappa shape index (κ3) is 5.66. The van der Waals surface area contributed by atoms with Gasteiger partial charge in [-0.25, -0.2) is 9.59 Å². The highest BCUT2D eigenvalue weighted by molar-refractivity contribution is 5.90. The van der Waals surface area contributed by atoms with Crippen LogP contribution in [0.5, 0.6) is 0 Å². The Kier molecular flexibility index (Phi) is 7.35. The predicted molar refractivity (Wildman–Crippen MR) is 105 cm³/mol. The maximum atomic E-state index is 12.5. The standard InChI is InChI=1S/C22H22O9/c1-13(23)28-12-16-18(30-20(25)14-8-4-2-5-9-14)17(24)19(22(27)29-16)31-21(26)15-10-6-3-7-11-15/h2-11,16-19,22,24,27H,12H2,1H3/t16-,17+,18-,19-,22-/m1/s1. The lowest BCUT2D eigenvalue weighted by atomic mass is 9.98. The summed E-state index contributed by atoms with van der Waals surface area (Å²) in [7, 11) is 0. The molecular formula is C22H22O9. The summed E-state index contributed by atoms with van der Waals surface area (Å²) in [5.41, 5.74) is 0.409. The third-order valence-corrected chi connectivity index (χ3v) is 4.59. The van der Waals surface area contributed by atoms with Gasteiger partial charge in [-0.3, -0.25) is 4.79 Å². The normalized spacial score (nSPS) is 25.3. The number of hydrogen-bond donors (Lipinski definition) is 2. The van der Waals surface area contributed by atoms with E-state index in [0.717, 1.165) is 0 Å². The summed E-state index contributed by atoms with van der Waals surface area (Å²) in [4.78, 5) is 36.1. The van der Waals surface area contributed by atoms with E-state index in [9.17, 15) is 24.6 Å². The summed E-state index contributed by atoms with van der Waals surface area (Å²) in [6, 6.07) is 16.0. The second-order valence-corrected chi connectivity index (χ2v) is 6.83. The van der Waals surface area contributed by atoms with E-state index in [4.69, 9.17) is 18.9 Å². The third-order valence-electron chi connectivity index (χ3n) is 4.59. The van der Waals surface area contributed by atoms with Crippen molar-refractivity contribution in [3.63, 3.8) is 0 Å². The van der Waals surface area contributed by atoms with Crippen molar-refractivity contribution in [3.8, 4) is 0 Å². The lowest BCUT2D eigenvalue weighted by molar-refractivity contribution is -0.285. The number of rotatable bonds is 6. The average molecular weight is 430 g/mol. The molecule has 0 radical (unpaired) electrons. The minimum Gasteiger partial charge on any atom is -0.463 e. The van der Waals surface area contributed by atoms with Crippen molar-refractivity contribution in [1.29, 1.82) is 0 Å². The van der Waals surface area contributed by atoms with Crippen LogP contribution in [0.1, 0.15) is 27.6 Å². The first-order chi connectivity index (χ1) is 14.9. The quantitative estimate of drug-likeness (QED) is 0.511. The van der Waals surface area contributed by atoms with E-state index in [0.29, 0.717) is 0 Å². The van der Waals surface area contributed by atoms with Crippen LogP contribution in [0.25, 0.3) is 0 Å². The fourth-order valence-electron chi connectivity index (χ4n) is 3.05. The summed E-state index contributed by atoms with van der Waals surface area (Å²) < 4.78 is 20.9. The van der Waals surface area contributed by atoms with Gasteiger partial charge in [0.05, 0.1) is 11.1 Å². The molecule has 1 saturated heterocycles. The lowest BCUT2D eigenvalue weighted by Gasteiger charge is -2.41. The Morgan fingerprint density at radius 1 is 0.839 bits per heavy atom. The minimum atomic E-state index is -1.74. The molecule has 1 aliphatic rings. The molecule has 0 aromatic heterocycles. The van der Waals surface area contributed by atoms with Crippen LogP contribution in [-0.4, -0.2) is 65.4 Å². The number of aliphatic hydroxyl groups is 2. The molecule has 9 nitrogen and oxygen atoms in total. The molecule has 0 aliphatic carbocycles. The Hall–Kier alpha value is -3.27. The van der Waals surface area contributed by atoms with Crippen LogP contribution >= 0.6 is 0 Å². The molecule has 1 aliphatic heterocycles. The average Bonchev–Trinajstić information content (AvgIpc) is 2.78. The molecule has 0 unspecified atom stereocenters. The van der Waals surface area contributed by atoms with Gasteiger partial charge in [-0.05, 0) is 24.3 Å². The SMILES string of the molecule is CC(=O)OC[C@H]1O[C@@H](O)[C@H](OC(=O)c2ccccc2)[C@@H](O)[C@@H]1OC(=O)c1ccccc1. The molecule has 0 bridgehead atoms. The van der Waals surface area contributed by atoms with Crippen molar-refractivity contribution in [3.05, 3.63) is 71.8 Å². The summed E-state index contributed by atoms with van der Waals surface area (Å²) in [5, 5.41) is 21.1. The molecule has 0 amide bonds. The first-order valence-corrected chi connectivity index (χ1v) is 9.54. The van der Waals surface area contributed by atoms with E-state index >= 15 is 0 Å². The summed E-state index contributed by atoms with van der Waals surface area (Å²) in [5.74, 6) is -2.21. The fraction of sp³-hybridized carbons (Fsp3) is 0.318. The van der Waals surface area contributed by atoms with Gasteiger partial charge in [-0.1, -0.05) is 36.4 Å². The van der Waals surface area contributed by atoms with Crippen LogP contribution in [0.3, 0.4) is 0 Å². The van der Waals surface area contributed by atoms with Crippen LogP contribution in [-0.2, 0) is 23.7 Å². The van der Waals surface area contributed by atoms with E-state index < -0.39 is 55.2 Å². The molecule has 9 heteroatoms. The molecule has 2 aromatic rings. The van der Waals surface area contributed by atoms with Crippen LogP contribution < -0.4 is 0 Å². The molecule has 5 atom stereocenters. The Labute approximate surface area is 178 Å². The zero-order valence-electron chi connectivity index (χ0n) is 16.6. The minimum absolute atomic E-state index is 0.196. The second-order valence-electron chi connectivity index (χ2n) is 6.83. The number of esters is 3. The first kappa shape index (κ1) is 22.4. The van der Waals surface area contributed by atoms with Crippen LogP contribution in [0.4, 0.5) is 0 Å². The van der Waals surface area contributed by atoms with Crippen molar-refractivity contribution in [2.75, 3.05) is 6.61 Å². The summed E-state index contributed by atoms with van der Waals surface area (Å²) >= 11 is 0. The zero-order chi connectivity index (χ0) is 22.4. The number of aliphatic hydroxyl groups excluding tert-OH is 2. The van der Waals surface area contributed by atoms with E-state index in [2.05, 4.69) is 0 Å². The smallest absolute Gasteiger partial charge is 0.338 e. The zero-order valence-corrected chi connectivity index (χ0v) is 16.6. The first-order valence-electron chi connectivity index (χ1n) is 9.54. The van der Waals surface area contributed by atoms with Crippen LogP contribution in [0.15, 0.2) is 60.7 Å². The molecular weight excluding hydrogens is 408 g/mol. The number of benzene rings is 2. The van der Waals surface area contributed by atoms with Crippen molar-refractivity contribution in [1.82, 2.24) is 0 Å².